The number of fused-ring (bicyclic) bond motifs is 1. The van der Waals surface area contributed by atoms with Gasteiger partial charge in [0.1, 0.15) is 11.9 Å². The average Bonchev–Trinajstić information content (AvgIpc) is 3.41. The third-order valence-electron chi connectivity index (χ3n) is 7.19. The summed E-state index contributed by atoms with van der Waals surface area (Å²) in [5.74, 6) is -0.707. The van der Waals surface area contributed by atoms with Gasteiger partial charge in [0.05, 0.1) is 36.6 Å². The summed E-state index contributed by atoms with van der Waals surface area (Å²) in [5.41, 5.74) is -0.504. The number of aryl methyl sites for hydroxylation is 1. The van der Waals surface area contributed by atoms with Crippen molar-refractivity contribution in [2.75, 3.05) is 37.4 Å². The topological polar surface area (TPSA) is 146 Å². The van der Waals surface area contributed by atoms with Crippen LogP contribution in [0, 0.1) is 5.92 Å². The summed E-state index contributed by atoms with van der Waals surface area (Å²) in [7, 11) is -0.894. The van der Waals surface area contributed by atoms with E-state index in [9.17, 15) is 36.3 Å². The van der Waals surface area contributed by atoms with Crippen molar-refractivity contribution >= 4 is 33.3 Å². The number of sulfonamides is 1. The number of likely N-dealkylation sites (N-methyl/N-ethyl adjacent to an activating group) is 1. The Labute approximate surface area is 252 Å². The lowest BCUT2D eigenvalue weighted by Crippen LogP contribution is -2.50. The molecule has 3 aromatic rings. The maximum atomic E-state index is 13.7. The number of hydrogen-bond donors (Lipinski definition) is 3. The average molecular weight is 639 g/mol. The molecule has 4 rings (SSSR count). The number of ether oxygens (including phenoxy) is 1. The van der Waals surface area contributed by atoms with Crippen molar-refractivity contribution in [2.24, 2.45) is 13.0 Å². The Bertz CT molecular complexity index is 1610. The molecule has 0 bridgehead atoms. The minimum Gasteiger partial charge on any atom is -0.488 e. The van der Waals surface area contributed by atoms with Crippen molar-refractivity contribution in [3.8, 4) is 5.75 Å². The number of halogens is 3. The monoisotopic (exact) mass is 638 g/mol. The molecule has 1 aliphatic heterocycles. The lowest BCUT2D eigenvalue weighted by atomic mass is 9.99. The molecule has 3 N–H and O–H groups in total. The van der Waals surface area contributed by atoms with Crippen LogP contribution in [0.3, 0.4) is 0 Å². The fourth-order valence-electron chi connectivity index (χ4n) is 4.59. The standard InChI is InChI=1S/C28H33F3N6O6S/c1-17-12-37(18(2)15-38)26(39)22-11-21(34-27(40)33-20-7-5-19(6-8-20)28(29,30)31)9-10-23(22)43-24(17)13-36(4)44(41,42)25-14-35(3)16-32-25/h5-11,14,16-18,24,38H,12-13,15H2,1-4H3,(H2,33,34,40)/t17-,18+,24+/m1/s1. The first-order valence-electron chi connectivity index (χ1n) is 13.5. The molecule has 238 valence electrons. The summed E-state index contributed by atoms with van der Waals surface area (Å²) >= 11 is 0. The maximum Gasteiger partial charge on any atom is 0.416 e. The molecule has 44 heavy (non-hydrogen) atoms. The number of aliphatic hydroxyl groups is 1. The van der Waals surface area contributed by atoms with Crippen LogP contribution in [-0.4, -0.2) is 83.1 Å². The summed E-state index contributed by atoms with van der Waals surface area (Å²) in [6.07, 6.45) is -2.48. The van der Waals surface area contributed by atoms with Crippen LogP contribution in [0.2, 0.25) is 0 Å². The summed E-state index contributed by atoms with van der Waals surface area (Å²) in [6.45, 7) is 3.20. The van der Waals surface area contributed by atoms with Gasteiger partial charge in [0, 0.05) is 44.1 Å². The van der Waals surface area contributed by atoms with Gasteiger partial charge in [0.25, 0.3) is 15.9 Å². The predicted molar refractivity (Wildman–Crippen MR) is 155 cm³/mol. The highest BCUT2D eigenvalue weighted by Gasteiger charge is 2.36. The highest BCUT2D eigenvalue weighted by Crippen LogP contribution is 2.32. The van der Waals surface area contributed by atoms with Crippen LogP contribution in [0.4, 0.5) is 29.3 Å². The molecule has 3 atom stereocenters. The smallest absolute Gasteiger partial charge is 0.416 e. The third kappa shape index (κ3) is 7.31. The summed E-state index contributed by atoms with van der Waals surface area (Å²) in [6, 6.07) is 6.85. The summed E-state index contributed by atoms with van der Waals surface area (Å²) in [5, 5.41) is 14.7. The van der Waals surface area contributed by atoms with Gasteiger partial charge < -0.3 is 29.9 Å². The number of aliphatic hydroxyl groups excluding tert-OH is 1. The lowest BCUT2D eigenvalue weighted by molar-refractivity contribution is -0.137. The largest absolute Gasteiger partial charge is 0.488 e. The number of alkyl halides is 3. The highest BCUT2D eigenvalue weighted by molar-refractivity contribution is 7.89. The number of urea groups is 1. The number of amides is 3. The minimum absolute atomic E-state index is 0.0600. The number of carbonyl (C=O) groups is 2. The predicted octanol–water partition coefficient (Wildman–Crippen LogP) is 3.62. The second kappa shape index (κ2) is 12.8. The normalized spacial score (nSPS) is 18.2. The number of nitrogens with zero attached hydrogens (tertiary/aromatic N) is 4. The van der Waals surface area contributed by atoms with Crippen LogP contribution >= 0.6 is 0 Å². The molecular weight excluding hydrogens is 605 g/mol. The Kier molecular flexibility index (Phi) is 9.56. The first-order chi connectivity index (χ1) is 20.6. The van der Waals surface area contributed by atoms with E-state index >= 15 is 0 Å². The number of hydrogen-bond acceptors (Lipinski definition) is 7. The SMILES string of the molecule is C[C@@H]1CN([C@@H](C)CO)C(=O)c2cc(NC(=O)Nc3ccc(C(F)(F)F)cc3)ccc2O[C@H]1CN(C)S(=O)(=O)c1cn(C)cn1. The van der Waals surface area contributed by atoms with Gasteiger partial charge in [-0.15, -0.1) is 0 Å². The summed E-state index contributed by atoms with van der Waals surface area (Å²) in [4.78, 5) is 31.7. The van der Waals surface area contributed by atoms with E-state index in [1.165, 1.54) is 47.2 Å². The van der Waals surface area contributed by atoms with Crippen LogP contribution in [0.1, 0.15) is 29.8 Å². The van der Waals surface area contributed by atoms with E-state index in [0.29, 0.717) is 0 Å². The Morgan fingerprint density at radius 1 is 1.18 bits per heavy atom. The molecule has 3 amide bonds. The molecule has 0 saturated heterocycles. The van der Waals surface area contributed by atoms with Gasteiger partial charge in [-0.2, -0.15) is 17.5 Å². The molecule has 0 spiro atoms. The number of benzene rings is 2. The second-order valence-corrected chi connectivity index (χ2v) is 12.6. The number of carbonyl (C=O) groups excluding carboxylic acids is 2. The van der Waals surface area contributed by atoms with E-state index in [2.05, 4.69) is 15.6 Å². The zero-order valence-corrected chi connectivity index (χ0v) is 25.2. The van der Waals surface area contributed by atoms with Crippen LogP contribution in [0.5, 0.6) is 5.75 Å². The molecule has 12 nitrogen and oxygen atoms in total. The van der Waals surface area contributed by atoms with Crippen LogP contribution < -0.4 is 15.4 Å². The van der Waals surface area contributed by atoms with E-state index in [0.717, 1.165) is 28.6 Å². The van der Waals surface area contributed by atoms with Gasteiger partial charge in [-0.25, -0.2) is 18.2 Å². The van der Waals surface area contributed by atoms with Crippen molar-refractivity contribution in [2.45, 2.75) is 37.2 Å². The van der Waals surface area contributed by atoms with Crippen molar-refractivity contribution in [1.82, 2.24) is 18.8 Å². The minimum atomic E-state index is -4.52. The number of anilines is 2. The Balaban J connectivity index is 1.58. The van der Waals surface area contributed by atoms with Crippen LogP contribution in [0.15, 0.2) is 60.0 Å². The van der Waals surface area contributed by atoms with Crippen molar-refractivity contribution in [3.05, 3.63) is 66.1 Å². The Morgan fingerprint density at radius 2 is 1.82 bits per heavy atom. The molecule has 0 saturated carbocycles. The number of aromatic nitrogens is 2. The van der Waals surface area contributed by atoms with Crippen molar-refractivity contribution < 1.29 is 41.0 Å². The van der Waals surface area contributed by atoms with E-state index in [4.69, 9.17) is 4.74 Å². The summed E-state index contributed by atoms with van der Waals surface area (Å²) < 4.78 is 73.6. The Hall–Kier alpha value is -4.15. The molecular formula is C28H33F3N6O6S. The van der Waals surface area contributed by atoms with Crippen molar-refractivity contribution in [1.29, 1.82) is 0 Å². The van der Waals surface area contributed by atoms with E-state index in [1.807, 2.05) is 6.92 Å². The van der Waals surface area contributed by atoms with Gasteiger partial charge >= 0.3 is 12.2 Å². The highest BCUT2D eigenvalue weighted by atomic mass is 32.2. The van der Waals surface area contributed by atoms with Gasteiger partial charge in [0.2, 0.25) is 0 Å². The fraction of sp³-hybridized carbons (Fsp3) is 0.393. The van der Waals surface area contributed by atoms with E-state index in [1.54, 1.807) is 14.0 Å². The molecule has 1 aliphatic rings. The van der Waals surface area contributed by atoms with Crippen LogP contribution in [0.25, 0.3) is 0 Å². The maximum absolute atomic E-state index is 13.7. The number of rotatable bonds is 8. The lowest BCUT2D eigenvalue weighted by Gasteiger charge is -2.38. The molecule has 1 aromatic heterocycles. The van der Waals surface area contributed by atoms with Gasteiger partial charge in [0.15, 0.2) is 5.03 Å². The van der Waals surface area contributed by atoms with E-state index in [-0.39, 0.29) is 53.3 Å². The zero-order chi connectivity index (χ0) is 32.4. The third-order valence-corrected chi connectivity index (χ3v) is 8.89. The fourth-order valence-corrected chi connectivity index (χ4v) is 5.73. The number of imidazole rings is 1. The first kappa shape index (κ1) is 32.8. The van der Waals surface area contributed by atoms with Gasteiger partial charge in [-0.1, -0.05) is 6.92 Å². The van der Waals surface area contributed by atoms with E-state index < -0.39 is 45.8 Å². The Morgan fingerprint density at radius 3 is 2.41 bits per heavy atom. The molecule has 0 fully saturated rings. The van der Waals surface area contributed by atoms with Crippen LogP contribution in [-0.2, 0) is 23.2 Å². The quantitative estimate of drug-likeness (QED) is 0.342. The number of nitrogens with one attached hydrogen (secondary N) is 2. The second-order valence-electron chi connectivity index (χ2n) is 10.7. The molecule has 0 radical (unpaired) electrons. The van der Waals surface area contributed by atoms with Crippen molar-refractivity contribution in [3.63, 3.8) is 0 Å². The van der Waals surface area contributed by atoms with Gasteiger partial charge in [-0.3, -0.25) is 4.79 Å². The zero-order valence-electron chi connectivity index (χ0n) is 24.4. The first-order valence-corrected chi connectivity index (χ1v) is 15.0. The molecule has 0 unspecified atom stereocenters. The molecule has 16 heteroatoms. The van der Waals surface area contributed by atoms with Gasteiger partial charge in [-0.05, 0) is 49.4 Å². The molecule has 2 heterocycles. The molecule has 0 aliphatic carbocycles. The molecule has 2 aromatic carbocycles.